The lowest BCUT2D eigenvalue weighted by molar-refractivity contribution is -0.137. The highest BCUT2D eigenvalue weighted by Crippen LogP contribution is 2.20. The van der Waals surface area contributed by atoms with Gasteiger partial charge in [-0.1, -0.05) is 43.5 Å². The number of esters is 1. The Balaban J connectivity index is 3.20. The fourth-order valence-electron chi connectivity index (χ4n) is 1.31. The fourth-order valence-corrected chi connectivity index (χ4v) is 2.63. The predicted octanol–water partition coefficient (Wildman–Crippen LogP) is 2.26. The molecule has 0 fully saturated rings. The van der Waals surface area contributed by atoms with E-state index in [0.717, 1.165) is 6.08 Å². The summed E-state index contributed by atoms with van der Waals surface area (Å²) >= 11 is 0. The van der Waals surface area contributed by atoms with E-state index in [9.17, 15) is 13.2 Å². The van der Waals surface area contributed by atoms with E-state index in [2.05, 4.69) is 13.2 Å². The largest absolute Gasteiger partial charge is 0.457 e. The maximum Gasteiger partial charge on any atom is 0.350 e. The van der Waals surface area contributed by atoms with Crippen molar-refractivity contribution in [3.63, 3.8) is 0 Å². The number of sulfone groups is 1. The van der Waals surface area contributed by atoms with Gasteiger partial charge in [0.2, 0.25) is 9.84 Å². The Morgan fingerprint density at radius 3 is 2.37 bits per heavy atom. The molecule has 5 heteroatoms. The lowest BCUT2D eigenvalue weighted by Gasteiger charge is -2.08. The zero-order valence-corrected chi connectivity index (χ0v) is 11.1. The van der Waals surface area contributed by atoms with Gasteiger partial charge < -0.3 is 4.74 Å². The Labute approximate surface area is 112 Å². The predicted molar refractivity (Wildman–Crippen MR) is 73.1 cm³/mol. The quantitative estimate of drug-likeness (QED) is 0.346. The SMILES string of the molecule is C=CC=C(C(=O)OCC=C)S(=O)(=O)c1ccccc1. The zero-order valence-electron chi connectivity index (χ0n) is 10.3. The molecule has 4 nitrogen and oxygen atoms in total. The van der Waals surface area contributed by atoms with Gasteiger partial charge in [0.1, 0.15) is 6.61 Å². The number of carbonyl (C=O) groups is 1. The molecule has 0 spiro atoms. The van der Waals surface area contributed by atoms with Crippen LogP contribution < -0.4 is 0 Å². The van der Waals surface area contributed by atoms with Gasteiger partial charge in [-0.05, 0) is 18.2 Å². The first-order chi connectivity index (χ1) is 9.04. The minimum absolute atomic E-state index is 0.0265. The van der Waals surface area contributed by atoms with Gasteiger partial charge in [0, 0.05) is 0 Å². The van der Waals surface area contributed by atoms with Crippen molar-refractivity contribution in [3.05, 3.63) is 66.6 Å². The first-order valence-electron chi connectivity index (χ1n) is 5.45. The average molecular weight is 278 g/mol. The Kier molecular flexibility index (Phi) is 5.26. The van der Waals surface area contributed by atoms with Crippen molar-refractivity contribution >= 4 is 15.8 Å². The van der Waals surface area contributed by atoms with Crippen LogP contribution in [0.4, 0.5) is 0 Å². The van der Waals surface area contributed by atoms with Crippen LogP contribution in [0.3, 0.4) is 0 Å². The topological polar surface area (TPSA) is 60.4 Å². The number of rotatable bonds is 6. The van der Waals surface area contributed by atoms with Crippen molar-refractivity contribution in [2.75, 3.05) is 6.61 Å². The first kappa shape index (κ1) is 14.9. The molecule has 0 aliphatic carbocycles. The van der Waals surface area contributed by atoms with Crippen LogP contribution in [-0.4, -0.2) is 21.0 Å². The number of ether oxygens (including phenoxy) is 1. The van der Waals surface area contributed by atoms with Crippen LogP contribution in [0.2, 0.25) is 0 Å². The van der Waals surface area contributed by atoms with E-state index < -0.39 is 20.7 Å². The van der Waals surface area contributed by atoms with E-state index in [1.165, 1.54) is 24.3 Å². The van der Waals surface area contributed by atoms with Crippen LogP contribution in [0.1, 0.15) is 0 Å². The van der Waals surface area contributed by atoms with Gasteiger partial charge in [-0.2, -0.15) is 0 Å². The summed E-state index contributed by atoms with van der Waals surface area (Å²) in [6.45, 7) is 6.74. The molecule has 1 aromatic rings. The molecular weight excluding hydrogens is 264 g/mol. The molecule has 0 unspecified atom stereocenters. The maximum atomic E-state index is 12.3. The molecule has 0 atom stereocenters. The number of hydrogen-bond donors (Lipinski definition) is 0. The Hall–Kier alpha value is -2.14. The van der Waals surface area contributed by atoms with E-state index >= 15 is 0 Å². The van der Waals surface area contributed by atoms with Crippen molar-refractivity contribution in [1.82, 2.24) is 0 Å². The highest BCUT2D eigenvalue weighted by atomic mass is 32.2. The number of hydrogen-bond acceptors (Lipinski definition) is 4. The second-order valence-corrected chi connectivity index (χ2v) is 5.39. The van der Waals surface area contributed by atoms with Crippen LogP contribution >= 0.6 is 0 Å². The zero-order chi connectivity index (χ0) is 14.3. The van der Waals surface area contributed by atoms with Crippen molar-refractivity contribution in [1.29, 1.82) is 0 Å². The molecule has 100 valence electrons. The summed E-state index contributed by atoms with van der Waals surface area (Å²) < 4.78 is 29.3. The summed E-state index contributed by atoms with van der Waals surface area (Å²) in [4.78, 5) is 11.3. The maximum absolute atomic E-state index is 12.3. The fraction of sp³-hybridized carbons (Fsp3) is 0.0714. The van der Waals surface area contributed by atoms with Gasteiger partial charge in [-0.3, -0.25) is 0 Å². The molecule has 1 aromatic carbocycles. The summed E-state index contributed by atoms with van der Waals surface area (Å²) in [6.07, 6.45) is 3.71. The smallest absolute Gasteiger partial charge is 0.350 e. The standard InChI is InChI=1S/C14H14O4S/c1-3-8-13(14(15)18-11-4-2)19(16,17)12-9-6-5-7-10-12/h3-10H,1-2,11H2. The Morgan fingerprint density at radius 2 is 1.84 bits per heavy atom. The Bertz CT molecular complexity index is 598. The molecule has 0 N–H and O–H groups in total. The lowest BCUT2D eigenvalue weighted by Crippen LogP contribution is -2.16. The Morgan fingerprint density at radius 1 is 1.21 bits per heavy atom. The van der Waals surface area contributed by atoms with Crippen molar-refractivity contribution in [3.8, 4) is 0 Å². The van der Waals surface area contributed by atoms with Gasteiger partial charge in [-0.25, -0.2) is 13.2 Å². The summed E-state index contributed by atoms with van der Waals surface area (Å²) in [5.74, 6) is -0.927. The van der Waals surface area contributed by atoms with Crippen molar-refractivity contribution in [2.45, 2.75) is 4.90 Å². The van der Waals surface area contributed by atoms with E-state index in [4.69, 9.17) is 4.74 Å². The van der Waals surface area contributed by atoms with Gasteiger partial charge in [0.05, 0.1) is 4.90 Å². The third kappa shape index (κ3) is 3.66. The van der Waals surface area contributed by atoms with E-state index in [1.54, 1.807) is 18.2 Å². The van der Waals surface area contributed by atoms with E-state index in [-0.39, 0.29) is 11.5 Å². The van der Waals surface area contributed by atoms with Gasteiger partial charge >= 0.3 is 5.97 Å². The molecule has 0 aliphatic heterocycles. The lowest BCUT2D eigenvalue weighted by atomic mass is 10.4. The second kappa shape index (κ2) is 6.70. The summed E-state index contributed by atoms with van der Waals surface area (Å²) in [6, 6.07) is 7.66. The second-order valence-electron chi connectivity index (χ2n) is 3.47. The molecule has 0 amide bonds. The molecule has 0 bridgehead atoms. The molecule has 0 aliphatic rings. The van der Waals surface area contributed by atoms with Crippen LogP contribution in [-0.2, 0) is 19.4 Å². The molecule has 1 rings (SSSR count). The summed E-state index contributed by atoms with van der Waals surface area (Å²) in [5, 5.41) is 0. The third-order valence-electron chi connectivity index (χ3n) is 2.15. The molecule has 0 heterocycles. The summed E-state index contributed by atoms with van der Waals surface area (Å²) in [5.41, 5.74) is 0. The minimum Gasteiger partial charge on any atom is -0.457 e. The summed E-state index contributed by atoms with van der Waals surface area (Å²) in [7, 11) is -3.91. The molecule has 0 saturated heterocycles. The number of benzene rings is 1. The van der Waals surface area contributed by atoms with Crippen LogP contribution in [0.25, 0.3) is 0 Å². The van der Waals surface area contributed by atoms with Crippen LogP contribution in [0, 0.1) is 0 Å². The highest BCUT2D eigenvalue weighted by Gasteiger charge is 2.27. The molecule has 0 radical (unpaired) electrons. The highest BCUT2D eigenvalue weighted by molar-refractivity contribution is 7.96. The molecular formula is C14H14O4S. The number of carbonyl (C=O) groups excluding carboxylic acids is 1. The molecule has 19 heavy (non-hydrogen) atoms. The molecule has 0 aromatic heterocycles. The average Bonchev–Trinajstić information content (AvgIpc) is 2.43. The monoisotopic (exact) mass is 278 g/mol. The first-order valence-corrected chi connectivity index (χ1v) is 6.93. The van der Waals surface area contributed by atoms with E-state index in [1.807, 2.05) is 0 Å². The van der Waals surface area contributed by atoms with Crippen LogP contribution in [0.15, 0.2) is 71.5 Å². The van der Waals surface area contributed by atoms with Gasteiger partial charge in [0.15, 0.2) is 4.91 Å². The normalized spacial score (nSPS) is 11.7. The number of allylic oxidation sites excluding steroid dienone is 2. The van der Waals surface area contributed by atoms with Crippen molar-refractivity contribution < 1.29 is 17.9 Å². The van der Waals surface area contributed by atoms with Crippen molar-refractivity contribution in [2.24, 2.45) is 0 Å². The van der Waals surface area contributed by atoms with Crippen LogP contribution in [0.5, 0.6) is 0 Å². The minimum atomic E-state index is -3.91. The van der Waals surface area contributed by atoms with E-state index in [0.29, 0.717) is 0 Å². The molecule has 0 saturated carbocycles. The van der Waals surface area contributed by atoms with Gasteiger partial charge in [0.25, 0.3) is 0 Å². The van der Waals surface area contributed by atoms with Gasteiger partial charge in [-0.15, -0.1) is 0 Å². The third-order valence-corrected chi connectivity index (χ3v) is 3.92.